The first-order valence-corrected chi connectivity index (χ1v) is 7.94. The van der Waals surface area contributed by atoms with Crippen molar-refractivity contribution in [3.05, 3.63) is 46.0 Å². The lowest BCUT2D eigenvalue weighted by atomic mass is 9.88. The van der Waals surface area contributed by atoms with Gasteiger partial charge in [-0.15, -0.1) is 11.3 Å². The van der Waals surface area contributed by atoms with Crippen molar-refractivity contribution in [2.45, 2.75) is 52.4 Å². The Labute approximate surface area is 126 Å². The number of aromatic nitrogens is 1. The minimum atomic E-state index is 0.0379. The van der Waals surface area contributed by atoms with E-state index in [-0.39, 0.29) is 5.41 Å². The van der Waals surface area contributed by atoms with E-state index in [0.29, 0.717) is 11.0 Å². The fourth-order valence-corrected chi connectivity index (χ4v) is 3.57. The van der Waals surface area contributed by atoms with Crippen molar-refractivity contribution >= 4 is 16.5 Å². The Morgan fingerprint density at radius 2 is 1.85 bits per heavy atom. The molecule has 0 saturated heterocycles. The molecule has 1 heterocycles. The highest BCUT2D eigenvalue weighted by atomic mass is 32.1. The number of hydrogen-bond acceptors (Lipinski definition) is 3. The Bertz CT molecular complexity index is 591. The van der Waals surface area contributed by atoms with Gasteiger partial charge < -0.3 is 5.73 Å². The topological polar surface area (TPSA) is 38.9 Å². The fourth-order valence-electron chi connectivity index (χ4n) is 2.51. The Morgan fingerprint density at radius 1 is 1.20 bits per heavy atom. The van der Waals surface area contributed by atoms with Crippen LogP contribution in [0.15, 0.2) is 24.3 Å². The van der Waals surface area contributed by atoms with Crippen LogP contribution in [0.1, 0.15) is 62.2 Å². The van der Waals surface area contributed by atoms with Gasteiger partial charge in [-0.1, -0.05) is 58.9 Å². The van der Waals surface area contributed by atoms with Gasteiger partial charge >= 0.3 is 0 Å². The highest BCUT2D eigenvalue weighted by molar-refractivity contribution is 7.15. The lowest BCUT2D eigenvalue weighted by Gasteiger charge is -2.18. The minimum absolute atomic E-state index is 0.0379. The molecule has 20 heavy (non-hydrogen) atoms. The van der Waals surface area contributed by atoms with Crippen LogP contribution in [0, 0.1) is 0 Å². The Hall–Kier alpha value is -1.35. The lowest BCUT2D eigenvalue weighted by molar-refractivity contribution is 0.568. The summed E-state index contributed by atoms with van der Waals surface area (Å²) < 4.78 is 0. The van der Waals surface area contributed by atoms with Crippen molar-refractivity contribution in [3.63, 3.8) is 0 Å². The zero-order chi connectivity index (χ0) is 14.9. The first-order valence-electron chi connectivity index (χ1n) is 7.12. The number of rotatable bonds is 3. The zero-order valence-electron chi connectivity index (χ0n) is 13.0. The van der Waals surface area contributed by atoms with Crippen molar-refractivity contribution < 1.29 is 0 Å². The first kappa shape index (κ1) is 15.0. The number of nitrogens with two attached hydrogens (primary N) is 1. The van der Waals surface area contributed by atoms with E-state index in [0.717, 1.165) is 12.1 Å². The molecule has 1 aromatic carbocycles. The summed E-state index contributed by atoms with van der Waals surface area (Å²) in [5, 5.41) is 0.673. The Morgan fingerprint density at radius 3 is 2.45 bits per heavy atom. The predicted molar refractivity (Wildman–Crippen MR) is 88.6 cm³/mol. The van der Waals surface area contributed by atoms with Gasteiger partial charge in [0.2, 0.25) is 0 Å². The summed E-state index contributed by atoms with van der Waals surface area (Å²) in [6.45, 7) is 11.1. The molecule has 1 aromatic heterocycles. The van der Waals surface area contributed by atoms with Crippen molar-refractivity contribution in [2.24, 2.45) is 0 Å². The number of anilines is 1. The summed E-state index contributed by atoms with van der Waals surface area (Å²) in [4.78, 5) is 5.84. The van der Waals surface area contributed by atoms with Gasteiger partial charge in [0.1, 0.15) is 0 Å². The van der Waals surface area contributed by atoms with Gasteiger partial charge in [-0.2, -0.15) is 0 Å². The largest absolute Gasteiger partial charge is 0.375 e. The summed E-state index contributed by atoms with van der Waals surface area (Å²) in [7, 11) is 0. The van der Waals surface area contributed by atoms with E-state index in [9.17, 15) is 0 Å². The van der Waals surface area contributed by atoms with Crippen LogP contribution in [0.5, 0.6) is 0 Å². The molecule has 0 fully saturated rings. The number of hydrogen-bond donors (Lipinski definition) is 1. The molecular formula is C17H24N2S. The zero-order valence-corrected chi connectivity index (χ0v) is 13.8. The van der Waals surface area contributed by atoms with E-state index >= 15 is 0 Å². The van der Waals surface area contributed by atoms with Crippen LogP contribution in [0.4, 0.5) is 5.13 Å². The summed E-state index contributed by atoms with van der Waals surface area (Å²) in [5.41, 5.74) is 9.91. The van der Waals surface area contributed by atoms with E-state index in [4.69, 9.17) is 5.73 Å². The molecular weight excluding hydrogens is 264 g/mol. The Kier molecular flexibility index (Phi) is 4.19. The third-order valence-corrected chi connectivity index (χ3v) is 4.34. The second-order valence-corrected chi connectivity index (χ2v) is 7.72. The molecule has 0 unspecified atom stereocenters. The second kappa shape index (κ2) is 5.57. The maximum absolute atomic E-state index is 5.94. The highest BCUT2D eigenvalue weighted by Gasteiger charge is 2.23. The molecule has 2 rings (SSSR count). The molecule has 3 heteroatoms. The van der Waals surface area contributed by atoms with Crippen LogP contribution >= 0.6 is 11.3 Å². The maximum atomic E-state index is 5.94. The molecule has 0 saturated carbocycles. The van der Waals surface area contributed by atoms with Crippen molar-refractivity contribution in [3.8, 4) is 0 Å². The average Bonchev–Trinajstić information content (AvgIpc) is 2.70. The normalized spacial score (nSPS) is 12.1. The van der Waals surface area contributed by atoms with Gasteiger partial charge in [-0.25, -0.2) is 4.98 Å². The minimum Gasteiger partial charge on any atom is -0.375 e. The van der Waals surface area contributed by atoms with Gasteiger partial charge in [0.15, 0.2) is 5.13 Å². The number of nitrogens with zero attached hydrogens (tertiary/aromatic N) is 1. The Balaban J connectivity index is 2.41. The third kappa shape index (κ3) is 3.21. The molecule has 0 bridgehead atoms. The summed E-state index contributed by atoms with van der Waals surface area (Å²) in [5.74, 6) is 0.537. The molecule has 0 amide bonds. The summed E-state index contributed by atoms with van der Waals surface area (Å²) in [6.07, 6.45) is 0.926. The van der Waals surface area contributed by atoms with Gasteiger partial charge in [0, 0.05) is 16.7 Å². The highest BCUT2D eigenvalue weighted by Crippen LogP contribution is 2.33. The van der Waals surface area contributed by atoms with E-state index in [1.807, 2.05) is 0 Å². The molecule has 2 aromatic rings. The van der Waals surface area contributed by atoms with Crippen LogP contribution in [0.2, 0.25) is 0 Å². The van der Waals surface area contributed by atoms with E-state index in [1.54, 1.807) is 11.3 Å². The lowest BCUT2D eigenvalue weighted by Crippen LogP contribution is -2.14. The third-order valence-electron chi connectivity index (χ3n) is 3.45. The summed E-state index contributed by atoms with van der Waals surface area (Å²) >= 11 is 1.62. The van der Waals surface area contributed by atoms with Crippen LogP contribution < -0.4 is 5.73 Å². The van der Waals surface area contributed by atoms with Gasteiger partial charge in [-0.05, 0) is 17.0 Å². The number of nitrogen functional groups attached to an aromatic ring is 1. The smallest absolute Gasteiger partial charge is 0.180 e. The van der Waals surface area contributed by atoms with Crippen LogP contribution in [-0.2, 0) is 11.8 Å². The van der Waals surface area contributed by atoms with Crippen molar-refractivity contribution in [1.29, 1.82) is 0 Å². The van der Waals surface area contributed by atoms with Crippen LogP contribution in [-0.4, -0.2) is 4.98 Å². The number of benzene rings is 1. The standard InChI is InChI=1S/C17H24N2S/c1-11(2)13-9-7-6-8-12(13)10-14-15(17(3,4)5)19-16(18)20-14/h6-9,11H,10H2,1-5H3,(H2,18,19). The van der Waals surface area contributed by atoms with Crippen LogP contribution in [0.25, 0.3) is 0 Å². The fraction of sp³-hybridized carbons (Fsp3) is 0.471. The molecule has 0 aliphatic rings. The maximum Gasteiger partial charge on any atom is 0.180 e. The first-order chi connectivity index (χ1) is 9.29. The van der Waals surface area contributed by atoms with Crippen LogP contribution in [0.3, 0.4) is 0 Å². The molecule has 108 valence electrons. The molecule has 0 aliphatic heterocycles. The molecule has 0 atom stereocenters. The van der Waals surface area contributed by atoms with Gasteiger partial charge in [0.25, 0.3) is 0 Å². The second-order valence-electron chi connectivity index (χ2n) is 6.60. The molecule has 0 aliphatic carbocycles. The molecule has 2 nitrogen and oxygen atoms in total. The SMILES string of the molecule is CC(C)c1ccccc1Cc1sc(N)nc1C(C)(C)C. The van der Waals surface area contributed by atoms with Gasteiger partial charge in [0.05, 0.1) is 5.69 Å². The number of thiazole rings is 1. The predicted octanol–water partition coefficient (Wildman–Crippen LogP) is 4.74. The van der Waals surface area contributed by atoms with E-state index in [1.165, 1.54) is 16.0 Å². The molecule has 0 spiro atoms. The quantitative estimate of drug-likeness (QED) is 0.886. The van der Waals surface area contributed by atoms with E-state index in [2.05, 4.69) is 63.9 Å². The van der Waals surface area contributed by atoms with Crippen molar-refractivity contribution in [2.75, 3.05) is 5.73 Å². The van der Waals surface area contributed by atoms with Crippen molar-refractivity contribution in [1.82, 2.24) is 4.98 Å². The summed E-state index contributed by atoms with van der Waals surface area (Å²) in [6, 6.07) is 8.67. The van der Waals surface area contributed by atoms with E-state index < -0.39 is 0 Å². The monoisotopic (exact) mass is 288 g/mol. The van der Waals surface area contributed by atoms with Gasteiger partial charge in [-0.3, -0.25) is 0 Å². The average molecular weight is 288 g/mol. The molecule has 2 N–H and O–H groups in total. The molecule has 0 radical (unpaired) electrons.